The van der Waals surface area contributed by atoms with Crippen LogP contribution in [-0.4, -0.2) is 58.1 Å². The molecule has 4 amide bonds. The van der Waals surface area contributed by atoms with Gasteiger partial charge in [-0.05, 0) is 63.6 Å². The molecule has 0 bridgehead atoms. The number of rotatable bonds is 8. The highest BCUT2D eigenvalue weighted by molar-refractivity contribution is 5.95. The predicted octanol–water partition coefficient (Wildman–Crippen LogP) is 3.48. The van der Waals surface area contributed by atoms with Crippen molar-refractivity contribution in [2.75, 3.05) is 19.6 Å². The first-order chi connectivity index (χ1) is 18.2. The van der Waals surface area contributed by atoms with E-state index in [0.29, 0.717) is 30.8 Å². The maximum Gasteiger partial charge on any atom is 0.317 e. The van der Waals surface area contributed by atoms with E-state index in [0.717, 1.165) is 22.2 Å². The van der Waals surface area contributed by atoms with Crippen molar-refractivity contribution in [2.45, 2.75) is 45.3 Å². The molecule has 0 spiro atoms. The summed E-state index contributed by atoms with van der Waals surface area (Å²) in [7, 11) is 0. The van der Waals surface area contributed by atoms with Crippen molar-refractivity contribution in [3.63, 3.8) is 0 Å². The number of hydroxylamine groups is 1. The Balaban J connectivity index is 1.46. The molecule has 10 nitrogen and oxygen atoms in total. The van der Waals surface area contributed by atoms with Crippen LogP contribution in [0.3, 0.4) is 0 Å². The summed E-state index contributed by atoms with van der Waals surface area (Å²) >= 11 is 0. The van der Waals surface area contributed by atoms with Crippen LogP contribution in [0, 0.1) is 6.92 Å². The van der Waals surface area contributed by atoms with Gasteiger partial charge in [-0.1, -0.05) is 18.2 Å². The molecule has 2 unspecified atom stereocenters. The van der Waals surface area contributed by atoms with Crippen LogP contribution in [0.25, 0.3) is 10.9 Å². The fourth-order valence-electron chi connectivity index (χ4n) is 4.89. The van der Waals surface area contributed by atoms with E-state index in [1.165, 1.54) is 0 Å². The second-order valence-electron chi connectivity index (χ2n) is 9.61. The number of pyridine rings is 1. The van der Waals surface area contributed by atoms with E-state index < -0.39 is 11.4 Å². The Morgan fingerprint density at radius 1 is 1.16 bits per heavy atom. The number of amides is 4. The maximum atomic E-state index is 13.1. The number of hydrogen-bond acceptors (Lipinski definition) is 6. The first-order valence-corrected chi connectivity index (χ1v) is 12.6. The molecule has 3 aromatic rings. The van der Waals surface area contributed by atoms with Gasteiger partial charge in [0.05, 0.1) is 17.5 Å². The van der Waals surface area contributed by atoms with Crippen molar-refractivity contribution >= 4 is 28.7 Å². The summed E-state index contributed by atoms with van der Waals surface area (Å²) in [4.78, 5) is 43.6. The zero-order valence-corrected chi connectivity index (χ0v) is 21.8. The summed E-state index contributed by atoms with van der Waals surface area (Å²) in [5.41, 5.74) is 3.85. The van der Waals surface area contributed by atoms with Crippen molar-refractivity contribution in [1.82, 2.24) is 26.0 Å². The Morgan fingerprint density at radius 2 is 1.89 bits per heavy atom. The molecule has 0 aliphatic carbocycles. The van der Waals surface area contributed by atoms with Gasteiger partial charge in [-0.2, -0.15) is 0 Å². The molecule has 0 radical (unpaired) electrons. The van der Waals surface area contributed by atoms with Crippen LogP contribution in [0.2, 0.25) is 0 Å². The molecule has 4 N–H and O–H groups in total. The van der Waals surface area contributed by atoms with Crippen LogP contribution in [-0.2, 0) is 4.79 Å². The number of aryl methyl sites for hydroxylation is 1. The standard InChI is InChI=1S/C28H33N5O5/c1-4-29-27(36)33-14-13-28(17-33,16-25(34)32-37)31-26(35)20-9-11-21(12-10-20)38-19(3)23-15-18(2)30-24-8-6-5-7-22(23)24/h5-12,15,19,37H,4,13-14,16-17H2,1-3H3,(H,29,36)(H,31,35)(H,32,34). The summed E-state index contributed by atoms with van der Waals surface area (Å²) < 4.78 is 6.19. The van der Waals surface area contributed by atoms with E-state index in [1.807, 2.05) is 51.1 Å². The molecule has 0 saturated carbocycles. The van der Waals surface area contributed by atoms with Crippen molar-refractivity contribution in [2.24, 2.45) is 0 Å². The zero-order chi connectivity index (χ0) is 27.3. The minimum atomic E-state index is -1.00. The number of nitrogens with zero attached hydrogens (tertiary/aromatic N) is 2. The summed E-state index contributed by atoms with van der Waals surface area (Å²) in [5.74, 6) is -0.422. The second-order valence-corrected chi connectivity index (χ2v) is 9.61. The lowest BCUT2D eigenvalue weighted by Crippen LogP contribution is -2.54. The number of carbonyl (C=O) groups excluding carboxylic acids is 3. The molecule has 2 aromatic carbocycles. The summed E-state index contributed by atoms with van der Waals surface area (Å²) in [6.07, 6.45) is -0.0370. The topological polar surface area (TPSA) is 133 Å². The number of likely N-dealkylation sites (tertiary alicyclic amines) is 1. The third-order valence-electron chi connectivity index (χ3n) is 6.71. The molecule has 1 aromatic heterocycles. The Bertz CT molecular complexity index is 1330. The van der Waals surface area contributed by atoms with Crippen LogP contribution in [0.4, 0.5) is 4.79 Å². The van der Waals surface area contributed by atoms with Gasteiger partial charge in [-0.3, -0.25) is 19.8 Å². The van der Waals surface area contributed by atoms with Gasteiger partial charge in [-0.25, -0.2) is 10.3 Å². The highest BCUT2D eigenvalue weighted by atomic mass is 16.5. The number of urea groups is 1. The Morgan fingerprint density at radius 3 is 2.61 bits per heavy atom. The molecule has 1 saturated heterocycles. The number of benzene rings is 2. The van der Waals surface area contributed by atoms with Gasteiger partial charge < -0.3 is 20.3 Å². The van der Waals surface area contributed by atoms with Crippen LogP contribution in [0.15, 0.2) is 54.6 Å². The van der Waals surface area contributed by atoms with Crippen molar-refractivity contribution in [3.8, 4) is 5.75 Å². The number of para-hydroxylation sites is 1. The highest BCUT2D eigenvalue weighted by Crippen LogP contribution is 2.29. The van der Waals surface area contributed by atoms with Gasteiger partial charge in [0.15, 0.2) is 0 Å². The lowest BCUT2D eigenvalue weighted by Gasteiger charge is -2.30. The van der Waals surface area contributed by atoms with Crippen LogP contribution < -0.4 is 20.9 Å². The monoisotopic (exact) mass is 519 g/mol. The second kappa shape index (κ2) is 11.5. The Hall–Kier alpha value is -4.18. The van der Waals surface area contributed by atoms with E-state index in [-0.39, 0.29) is 31.0 Å². The maximum absolute atomic E-state index is 13.1. The molecule has 38 heavy (non-hydrogen) atoms. The van der Waals surface area contributed by atoms with Crippen molar-refractivity contribution < 1.29 is 24.3 Å². The van der Waals surface area contributed by atoms with Crippen LogP contribution in [0.5, 0.6) is 5.75 Å². The van der Waals surface area contributed by atoms with Crippen molar-refractivity contribution in [1.29, 1.82) is 0 Å². The Labute approximate surface area is 221 Å². The van der Waals surface area contributed by atoms with E-state index >= 15 is 0 Å². The molecule has 2 atom stereocenters. The first kappa shape index (κ1) is 26.9. The van der Waals surface area contributed by atoms with E-state index in [4.69, 9.17) is 9.94 Å². The van der Waals surface area contributed by atoms with Gasteiger partial charge in [0.2, 0.25) is 5.91 Å². The normalized spacial score (nSPS) is 17.6. The Kier molecular flexibility index (Phi) is 8.11. The molecular formula is C28H33N5O5. The smallest absolute Gasteiger partial charge is 0.317 e. The minimum absolute atomic E-state index is 0.149. The fraction of sp³-hybridized carbons (Fsp3) is 0.357. The number of hydrogen-bond donors (Lipinski definition) is 4. The summed E-state index contributed by atoms with van der Waals surface area (Å²) in [6.45, 7) is 6.73. The SMILES string of the molecule is CCNC(=O)N1CCC(CC(=O)NO)(NC(=O)c2ccc(OC(C)c3cc(C)nc4ccccc34)cc2)C1. The van der Waals surface area contributed by atoms with Gasteiger partial charge in [0, 0.05) is 41.8 Å². The molecular weight excluding hydrogens is 486 g/mol. The van der Waals surface area contributed by atoms with Gasteiger partial charge in [-0.15, -0.1) is 0 Å². The van der Waals surface area contributed by atoms with E-state index in [2.05, 4.69) is 15.6 Å². The van der Waals surface area contributed by atoms with Crippen molar-refractivity contribution in [3.05, 3.63) is 71.4 Å². The highest BCUT2D eigenvalue weighted by Gasteiger charge is 2.43. The van der Waals surface area contributed by atoms with E-state index in [9.17, 15) is 14.4 Å². The predicted molar refractivity (Wildman–Crippen MR) is 142 cm³/mol. The first-order valence-electron chi connectivity index (χ1n) is 12.6. The summed E-state index contributed by atoms with van der Waals surface area (Å²) in [6, 6.07) is 16.4. The summed E-state index contributed by atoms with van der Waals surface area (Å²) in [5, 5.41) is 15.7. The zero-order valence-electron chi connectivity index (χ0n) is 21.8. The number of carbonyl (C=O) groups is 3. The minimum Gasteiger partial charge on any atom is -0.486 e. The number of aromatic nitrogens is 1. The average molecular weight is 520 g/mol. The molecule has 1 aliphatic rings. The number of ether oxygens (including phenoxy) is 1. The molecule has 4 rings (SSSR count). The lowest BCUT2D eigenvalue weighted by atomic mass is 9.93. The number of fused-ring (bicyclic) bond motifs is 1. The third kappa shape index (κ3) is 6.03. The fourth-order valence-corrected chi connectivity index (χ4v) is 4.89. The van der Waals surface area contributed by atoms with Crippen LogP contribution in [0.1, 0.15) is 54.4 Å². The molecule has 10 heteroatoms. The molecule has 2 heterocycles. The van der Waals surface area contributed by atoms with Crippen LogP contribution >= 0.6 is 0 Å². The lowest BCUT2D eigenvalue weighted by molar-refractivity contribution is -0.130. The number of nitrogens with one attached hydrogen (secondary N) is 3. The third-order valence-corrected chi connectivity index (χ3v) is 6.71. The average Bonchev–Trinajstić information content (AvgIpc) is 3.32. The largest absolute Gasteiger partial charge is 0.486 e. The van der Waals surface area contributed by atoms with E-state index in [1.54, 1.807) is 34.6 Å². The molecule has 200 valence electrons. The molecule has 1 aliphatic heterocycles. The van der Waals surface area contributed by atoms with Gasteiger partial charge >= 0.3 is 6.03 Å². The quantitative estimate of drug-likeness (QED) is 0.266. The van der Waals surface area contributed by atoms with Gasteiger partial charge in [0.25, 0.3) is 5.91 Å². The van der Waals surface area contributed by atoms with Gasteiger partial charge in [0.1, 0.15) is 11.9 Å². The molecule has 1 fully saturated rings.